The first-order chi connectivity index (χ1) is 16.2. The van der Waals surface area contributed by atoms with Gasteiger partial charge in [0, 0.05) is 43.9 Å². The molecule has 3 aromatic rings. The Kier molecular flexibility index (Phi) is 7.89. The maximum absolute atomic E-state index is 12.9. The number of urea groups is 1. The van der Waals surface area contributed by atoms with Crippen LogP contribution < -0.4 is 20.9 Å². The summed E-state index contributed by atoms with van der Waals surface area (Å²) in [4.78, 5) is 30.3. The summed E-state index contributed by atoms with van der Waals surface area (Å²) < 4.78 is 0. The van der Waals surface area contributed by atoms with Gasteiger partial charge in [0.1, 0.15) is 5.69 Å². The van der Waals surface area contributed by atoms with Gasteiger partial charge in [-0.3, -0.25) is 14.7 Å². The number of pyridine rings is 1. The molecule has 2 aromatic carbocycles. The third-order valence-corrected chi connectivity index (χ3v) is 5.83. The predicted octanol–water partition coefficient (Wildman–Crippen LogP) is 5.46. The first-order valence-electron chi connectivity index (χ1n) is 11.4. The molecule has 7 heteroatoms. The summed E-state index contributed by atoms with van der Waals surface area (Å²) in [7, 11) is 3.20. The molecule has 1 heterocycles. The van der Waals surface area contributed by atoms with Gasteiger partial charge in [0.2, 0.25) is 0 Å². The molecule has 3 amide bonds. The summed E-state index contributed by atoms with van der Waals surface area (Å²) in [5.41, 5.74) is 7.27. The number of anilines is 3. The average Bonchev–Trinajstić information content (AvgIpc) is 2.83. The fourth-order valence-electron chi connectivity index (χ4n) is 3.75. The zero-order valence-electron chi connectivity index (χ0n) is 20.7. The number of carbonyl (C=O) groups is 2. The minimum Gasteiger partial charge on any atom is -0.381 e. The van der Waals surface area contributed by atoms with E-state index in [1.54, 1.807) is 26.2 Å². The summed E-state index contributed by atoms with van der Waals surface area (Å²) in [5.74, 6) is 0.193. The second-order valence-electron chi connectivity index (χ2n) is 8.70. The molecule has 0 aliphatic rings. The molecule has 0 atom stereocenters. The number of rotatable bonds is 7. The first-order valence-corrected chi connectivity index (χ1v) is 11.4. The number of aryl methyl sites for hydroxylation is 2. The van der Waals surface area contributed by atoms with Crippen LogP contribution in [0.3, 0.4) is 0 Å². The molecule has 0 bridgehead atoms. The van der Waals surface area contributed by atoms with Crippen LogP contribution in [0, 0.1) is 13.8 Å². The van der Waals surface area contributed by atoms with Gasteiger partial charge in [0.25, 0.3) is 5.91 Å². The number of hydrogen-bond donors (Lipinski definition) is 3. The fourth-order valence-corrected chi connectivity index (χ4v) is 3.75. The Balaban J connectivity index is 1.69. The third-order valence-electron chi connectivity index (χ3n) is 5.83. The smallest absolute Gasteiger partial charge is 0.326 e. The van der Waals surface area contributed by atoms with Crippen molar-refractivity contribution < 1.29 is 9.59 Å². The Labute approximate surface area is 201 Å². The zero-order valence-corrected chi connectivity index (χ0v) is 20.7. The Hall–Kier alpha value is -3.87. The van der Waals surface area contributed by atoms with E-state index < -0.39 is 0 Å². The van der Waals surface area contributed by atoms with Crippen LogP contribution in [-0.2, 0) is 6.54 Å². The van der Waals surface area contributed by atoms with Crippen molar-refractivity contribution in [3.63, 3.8) is 0 Å². The first kappa shape index (κ1) is 24.8. The summed E-state index contributed by atoms with van der Waals surface area (Å²) >= 11 is 0. The number of nitrogens with one attached hydrogen (secondary N) is 3. The van der Waals surface area contributed by atoms with E-state index in [2.05, 4.69) is 66.0 Å². The zero-order chi connectivity index (χ0) is 24.8. The molecule has 1 aromatic heterocycles. The molecule has 3 N–H and O–H groups in total. The summed E-state index contributed by atoms with van der Waals surface area (Å²) in [6.07, 6.45) is 1.51. The van der Waals surface area contributed by atoms with Crippen molar-refractivity contribution in [3.05, 3.63) is 82.7 Å². The Bertz CT molecular complexity index is 1190. The Morgan fingerprint density at radius 2 is 1.76 bits per heavy atom. The van der Waals surface area contributed by atoms with Crippen LogP contribution in [0.25, 0.3) is 0 Å². The molecular weight excluding hydrogens is 426 g/mol. The average molecular weight is 460 g/mol. The van der Waals surface area contributed by atoms with Crippen molar-refractivity contribution in [2.24, 2.45) is 0 Å². The Morgan fingerprint density at radius 1 is 1.00 bits per heavy atom. The molecule has 0 aliphatic heterocycles. The van der Waals surface area contributed by atoms with E-state index in [4.69, 9.17) is 0 Å². The molecule has 0 unspecified atom stereocenters. The molecule has 178 valence electrons. The van der Waals surface area contributed by atoms with E-state index >= 15 is 0 Å². The van der Waals surface area contributed by atoms with Gasteiger partial charge in [-0.1, -0.05) is 32.0 Å². The molecule has 7 nitrogen and oxygen atoms in total. The van der Waals surface area contributed by atoms with Crippen LogP contribution in [0.5, 0.6) is 0 Å². The minimum absolute atomic E-state index is 0.251. The lowest BCUT2D eigenvalue weighted by atomic mass is 9.97. The molecule has 0 spiro atoms. The van der Waals surface area contributed by atoms with Gasteiger partial charge in [-0.25, -0.2) is 4.79 Å². The fraction of sp³-hybridized carbons (Fsp3) is 0.296. The second kappa shape index (κ2) is 10.8. The van der Waals surface area contributed by atoms with Crippen LogP contribution in [-0.4, -0.2) is 31.0 Å². The molecule has 0 saturated heterocycles. The standard InChI is InChI=1S/C27H33N5O2/c1-17(2)23-10-9-21(13-19(23)4)30-16-20-8-7-18(3)24(14-20)31-27(34)32(6)22-11-12-29-25(15-22)26(33)28-5/h7-15,17,30H,16H2,1-6H3,(H,28,33)(H,31,34). The molecule has 0 radical (unpaired) electrons. The maximum atomic E-state index is 12.9. The minimum atomic E-state index is -0.305. The lowest BCUT2D eigenvalue weighted by Gasteiger charge is -2.20. The van der Waals surface area contributed by atoms with Crippen molar-refractivity contribution in [1.82, 2.24) is 10.3 Å². The van der Waals surface area contributed by atoms with Crippen molar-refractivity contribution in [3.8, 4) is 0 Å². The Morgan fingerprint density at radius 3 is 2.44 bits per heavy atom. The summed E-state index contributed by atoms with van der Waals surface area (Å²) in [5, 5.41) is 8.99. The van der Waals surface area contributed by atoms with Crippen molar-refractivity contribution in [1.29, 1.82) is 0 Å². The van der Waals surface area contributed by atoms with Crippen molar-refractivity contribution in [2.45, 2.75) is 40.2 Å². The molecule has 0 aliphatic carbocycles. The van der Waals surface area contributed by atoms with Crippen LogP contribution >= 0.6 is 0 Å². The van der Waals surface area contributed by atoms with Crippen LogP contribution in [0.4, 0.5) is 21.9 Å². The molecule has 0 fully saturated rings. The number of nitrogens with zero attached hydrogens (tertiary/aromatic N) is 2. The number of aromatic nitrogens is 1. The van der Waals surface area contributed by atoms with E-state index in [0.29, 0.717) is 18.2 Å². The van der Waals surface area contributed by atoms with Gasteiger partial charge in [-0.2, -0.15) is 0 Å². The number of benzene rings is 2. The SMILES string of the molecule is CNC(=O)c1cc(N(C)C(=O)Nc2cc(CNc3ccc(C(C)C)c(C)c3)ccc2C)ccn1. The quantitative estimate of drug-likeness (QED) is 0.438. The van der Waals surface area contributed by atoms with Crippen molar-refractivity contribution >= 4 is 29.0 Å². The third kappa shape index (κ3) is 5.92. The number of amides is 3. The van der Waals surface area contributed by atoms with Crippen molar-refractivity contribution in [2.75, 3.05) is 29.6 Å². The summed E-state index contributed by atoms with van der Waals surface area (Å²) in [6.45, 7) is 9.13. The van der Waals surface area contributed by atoms with Crippen LogP contribution in [0.1, 0.15) is 52.5 Å². The van der Waals surface area contributed by atoms with E-state index in [-0.39, 0.29) is 17.6 Å². The van der Waals surface area contributed by atoms with Gasteiger partial charge in [-0.15, -0.1) is 0 Å². The van der Waals surface area contributed by atoms with Gasteiger partial charge in [0.15, 0.2) is 0 Å². The molecular formula is C27H33N5O2. The number of carbonyl (C=O) groups excluding carboxylic acids is 2. The lowest BCUT2D eigenvalue weighted by molar-refractivity contribution is 0.0958. The predicted molar refractivity (Wildman–Crippen MR) is 139 cm³/mol. The van der Waals surface area contributed by atoms with Gasteiger partial charge in [0.05, 0.1) is 0 Å². The van der Waals surface area contributed by atoms with E-state index in [0.717, 1.165) is 22.5 Å². The maximum Gasteiger partial charge on any atom is 0.326 e. The van der Waals surface area contributed by atoms with Gasteiger partial charge < -0.3 is 16.0 Å². The van der Waals surface area contributed by atoms with Crippen LogP contribution in [0.15, 0.2) is 54.7 Å². The van der Waals surface area contributed by atoms with Crippen LogP contribution in [0.2, 0.25) is 0 Å². The molecule has 34 heavy (non-hydrogen) atoms. The topological polar surface area (TPSA) is 86.4 Å². The highest BCUT2D eigenvalue weighted by atomic mass is 16.2. The van der Waals surface area contributed by atoms with Gasteiger partial charge in [-0.05, 0) is 72.4 Å². The molecule has 3 rings (SSSR count). The number of hydrogen-bond acceptors (Lipinski definition) is 4. The van der Waals surface area contributed by atoms with E-state index in [9.17, 15) is 9.59 Å². The lowest BCUT2D eigenvalue weighted by Crippen LogP contribution is -2.32. The molecule has 0 saturated carbocycles. The largest absolute Gasteiger partial charge is 0.381 e. The monoisotopic (exact) mass is 459 g/mol. The second-order valence-corrected chi connectivity index (χ2v) is 8.70. The van der Waals surface area contributed by atoms with E-state index in [1.807, 2.05) is 19.1 Å². The highest BCUT2D eigenvalue weighted by molar-refractivity contribution is 6.02. The highest BCUT2D eigenvalue weighted by Gasteiger charge is 2.15. The normalized spacial score (nSPS) is 10.7. The van der Waals surface area contributed by atoms with Gasteiger partial charge >= 0.3 is 6.03 Å². The summed E-state index contributed by atoms with van der Waals surface area (Å²) in [6, 6.07) is 15.4. The van der Waals surface area contributed by atoms with E-state index in [1.165, 1.54) is 22.2 Å². The highest BCUT2D eigenvalue weighted by Crippen LogP contribution is 2.24.